The average molecular weight is 1140 g/mol. The fourth-order valence-electron chi connectivity index (χ4n) is 16.1. The summed E-state index contributed by atoms with van der Waals surface area (Å²) >= 11 is 0. The van der Waals surface area contributed by atoms with Crippen LogP contribution < -0.4 is 0 Å². The molecule has 11 aromatic heterocycles. The van der Waals surface area contributed by atoms with Gasteiger partial charge in [0, 0.05) is 32.3 Å². The van der Waals surface area contributed by atoms with E-state index >= 15 is 0 Å². The van der Waals surface area contributed by atoms with E-state index in [0.717, 1.165) is 162 Å². The van der Waals surface area contributed by atoms with Crippen molar-refractivity contribution in [1.29, 1.82) is 0 Å². The summed E-state index contributed by atoms with van der Waals surface area (Å²) in [4.78, 5) is 22.1. The van der Waals surface area contributed by atoms with Crippen molar-refractivity contribution in [3.8, 4) is 28.2 Å². The average Bonchev–Trinajstić information content (AvgIpc) is 1.53. The van der Waals surface area contributed by atoms with Crippen LogP contribution in [0.3, 0.4) is 0 Å². The van der Waals surface area contributed by atoms with Gasteiger partial charge >= 0.3 is 0 Å². The second kappa shape index (κ2) is 15.5. The van der Waals surface area contributed by atoms with Crippen molar-refractivity contribution in [2.75, 3.05) is 0 Å². The molecule has 0 radical (unpaired) electrons. The number of hydrogen-bond donors (Lipinski definition) is 0. The maximum absolute atomic E-state index is 5.73. The van der Waals surface area contributed by atoms with E-state index in [4.69, 9.17) is 19.9 Å². The predicted octanol–water partition coefficient (Wildman–Crippen LogP) is 17.5. The first-order valence-corrected chi connectivity index (χ1v) is 30.2. The van der Waals surface area contributed by atoms with Gasteiger partial charge in [-0.25, -0.2) is 28.7 Å². The summed E-state index contributed by atoms with van der Waals surface area (Å²) in [5.41, 5.74) is 26.5. The highest BCUT2D eigenvalue weighted by molar-refractivity contribution is 6.15. The Kier molecular flexibility index (Phi) is 7.83. The van der Waals surface area contributed by atoms with E-state index in [0.29, 0.717) is 0 Å². The SMILES string of the molecule is c1ccc2c(c1)nc1n2c2cc(-n3c4ccccc4c4ccccc43)cc3c2n1c1nc2ccc(-c4ccc5c6ccccc6n(-c6cccc7c6nc6n7c7cccc8c7n6c6nc7c(-n9c%10ccccc%10c%10ccccc%109)cccc7n86)c5c4)cc2n31. The Labute approximate surface area is 500 Å². The molecule has 410 valence electrons. The topological polar surface area (TPSA) is 92.8 Å². The number of para-hydroxylation sites is 10. The normalized spacial score (nSPS) is 12.9. The van der Waals surface area contributed by atoms with E-state index in [1.54, 1.807) is 0 Å². The van der Waals surface area contributed by atoms with E-state index in [1.165, 1.54) is 32.3 Å². The van der Waals surface area contributed by atoms with Crippen LogP contribution in [0.5, 0.6) is 0 Å². The number of fused-ring (bicyclic) bond motifs is 29. The Balaban J connectivity index is 0.739. The van der Waals surface area contributed by atoms with Gasteiger partial charge < -0.3 is 13.7 Å². The van der Waals surface area contributed by atoms with Gasteiger partial charge in [-0.05, 0) is 120 Å². The quantitative estimate of drug-likeness (QED) is 0.175. The third-order valence-electron chi connectivity index (χ3n) is 19.6. The summed E-state index contributed by atoms with van der Waals surface area (Å²) < 4.78 is 21.1. The van der Waals surface area contributed by atoms with Crippen LogP contribution in [0.15, 0.2) is 249 Å². The lowest BCUT2D eigenvalue weighted by Gasteiger charge is -2.10. The molecule has 13 nitrogen and oxygen atoms in total. The van der Waals surface area contributed by atoms with Crippen LogP contribution in [0.4, 0.5) is 0 Å². The standard InChI is InChI=1S/C76H41N13/c1-7-22-53-45(16-1)46-17-2-8-23-54(46)81(53)44-40-67-72-68(41-44)87-66-39-43(35-37-52(66)78-74(87)89(72)73-77-51-21-6-12-27-58(51)84(67)73)42-34-36-50-49-20-5-11-26-57(49)83(65(50)38-42)60-29-14-31-62-70(60)80-76-86(62)64-33-15-32-63-71(64)88(76)75-79-69-59(28-13-30-61(69)85(63)75)82-55-24-9-3-18-47(55)48-19-4-10-25-56(48)82/h1-41H. The molecule has 0 aliphatic carbocycles. The van der Waals surface area contributed by atoms with Gasteiger partial charge in [-0.2, -0.15) is 0 Å². The predicted molar refractivity (Wildman–Crippen MR) is 359 cm³/mol. The molecule has 0 unspecified atom stereocenters. The molecular formula is C76H41N13. The Bertz CT molecular complexity index is 7020. The van der Waals surface area contributed by atoms with Crippen molar-refractivity contribution in [2.45, 2.75) is 0 Å². The molecule has 0 saturated carbocycles. The summed E-state index contributed by atoms with van der Waals surface area (Å²) in [7, 11) is 0. The molecule has 0 amide bonds. The third-order valence-corrected chi connectivity index (χ3v) is 19.6. The minimum Gasteiger partial charge on any atom is -0.309 e. The molecule has 0 fully saturated rings. The summed E-state index contributed by atoms with van der Waals surface area (Å²) in [5.74, 6) is 3.31. The highest BCUT2D eigenvalue weighted by Gasteiger charge is 2.29. The molecular weight excluding hydrogens is 1090 g/mol. The molecule has 13 heteroatoms. The lowest BCUT2D eigenvalue weighted by Crippen LogP contribution is -1.96. The number of aromatic nitrogens is 13. The van der Waals surface area contributed by atoms with Crippen LogP contribution in [0.25, 0.3) is 194 Å². The summed E-state index contributed by atoms with van der Waals surface area (Å²) in [6.07, 6.45) is 0. The van der Waals surface area contributed by atoms with Gasteiger partial charge in [0.05, 0.1) is 105 Å². The number of imidazole rings is 8. The molecule has 0 saturated heterocycles. The number of benzene rings is 12. The maximum atomic E-state index is 5.73. The maximum Gasteiger partial charge on any atom is 0.223 e. The van der Waals surface area contributed by atoms with E-state index in [2.05, 4.69) is 289 Å². The third kappa shape index (κ3) is 5.30. The largest absolute Gasteiger partial charge is 0.309 e. The van der Waals surface area contributed by atoms with Crippen molar-refractivity contribution in [1.82, 2.24) is 60.0 Å². The van der Waals surface area contributed by atoms with E-state index in [1.807, 2.05) is 0 Å². The van der Waals surface area contributed by atoms with E-state index < -0.39 is 0 Å². The zero-order valence-corrected chi connectivity index (χ0v) is 47.0. The van der Waals surface area contributed by atoms with Crippen molar-refractivity contribution in [3.05, 3.63) is 249 Å². The van der Waals surface area contributed by atoms with E-state index in [9.17, 15) is 0 Å². The highest BCUT2D eigenvalue weighted by atomic mass is 15.3. The summed E-state index contributed by atoms with van der Waals surface area (Å²) in [6, 6.07) is 90.1. The molecule has 12 aromatic carbocycles. The van der Waals surface area contributed by atoms with E-state index in [-0.39, 0.29) is 0 Å². The molecule has 23 aromatic rings. The van der Waals surface area contributed by atoms with Crippen LogP contribution in [-0.2, 0) is 0 Å². The van der Waals surface area contributed by atoms with Crippen LogP contribution in [0, 0.1) is 0 Å². The molecule has 89 heavy (non-hydrogen) atoms. The van der Waals surface area contributed by atoms with Gasteiger partial charge in [-0.1, -0.05) is 140 Å². The first-order chi connectivity index (χ1) is 44.2. The van der Waals surface area contributed by atoms with Gasteiger partial charge in [0.1, 0.15) is 22.1 Å². The highest BCUT2D eigenvalue weighted by Crippen LogP contribution is 2.44. The van der Waals surface area contributed by atoms with Crippen molar-refractivity contribution < 1.29 is 0 Å². The molecule has 0 aliphatic rings. The van der Waals surface area contributed by atoms with Crippen LogP contribution in [0.1, 0.15) is 0 Å². The van der Waals surface area contributed by atoms with Gasteiger partial charge in [-0.15, -0.1) is 0 Å². The number of hydrogen-bond acceptors (Lipinski definition) is 4. The lowest BCUT2D eigenvalue weighted by molar-refractivity contribution is 1.14. The second-order valence-electron chi connectivity index (χ2n) is 23.9. The van der Waals surface area contributed by atoms with Crippen LogP contribution in [-0.4, -0.2) is 60.0 Å². The molecule has 11 heterocycles. The minimum absolute atomic E-state index is 0.817. The Morgan fingerprint density at radius 1 is 0.213 bits per heavy atom. The zero-order chi connectivity index (χ0) is 57.2. The Morgan fingerprint density at radius 2 is 0.573 bits per heavy atom. The van der Waals surface area contributed by atoms with Crippen LogP contribution in [0.2, 0.25) is 0 Å². The fraction of sp³-hybridized carbons (Fsp3) is 0. The lowest BCUT2D eigenvalue weighted by atomic mass is 10.0. The Hall–Kier alpha value is -12.5. The van der Waals surface area contributed by atoms with Gasteiger partial charge in [0.25, 0.3) is 0 Å². The van der Waals surface area contributed by atoms with Crippen LogP contribution >= 0.6 is 0 Å². The minimum atomic E-state index is 0.817. The molecule has 0 atom stereocenters. The second-order valence-corrected chi connectivity index (χ2v) is 23.9. The summed E-state index contributed by atoms with van der Waals surface area (Å²) in [6.45, 7) is 0. The molecule has 0 N–H and O–H groups in total. The van der Waals surface area contributed by atoms with Gasteiger partial charge in [0.2, 0.25) is 23.1 Å². The van der Waals surface area contributed by atoms with Crippen molar-refractivity contribution in [3.63, 3.8) is 0 Å². The molecule has 0 bridgehead atoms. The fourth-order valence-corrected chi connectivity index (χ4v) is 16.1. The Morgan fingerprint density at radius 3 is 1.11 bits per heavy atom. The van der Waals surface area contributed by atoms with Gasteiger partial charge in [-0.3, -0.25) is 17.6 Å². The summed E-state index contributed by atoms with van der Waals surface area (Å²) in [5, 5.41) is 7.23. The zero-order valence-electron chi connectivity index (χ0n) is 47.0. The molecule has 0 aliphatic heterocycles. The monoisotopic (exact) mass is 1140 g/mol. The number of rotatable bonds is 4. The molecule has 23 rings (SSSR count). The van der Waals surface area contributed by atoms with Crippen molar-refractivity contribution in [2.24, 2.45) is 0 Å². The first-order valence-electron chi connectivity index (χ1n) is 30.2. The van der Waals surface area contributed by atoms with Gasteiger partial charge in [0.15, 0.2) is 0 Å². The number of nitrogens with zero attached hydrogens (tertiary/aromatic N) is 13. The molecule has 0 spiro atoms. The first kappa shape index (κ1) is 45.0. The van der Waals surface area contributed by atoms with Crippen molar-refractivity contribution >= 4 is 166 Å². The smallest absolute Gasteiger partial charge is 0.223 e.